The number of carboxylic acid groups (broad SMARTS) is 1. The van der Waals surface area contributed by atoms with Crippen molar-refractivity contribution in [2.45, 2.75) is 181 Å². The van der Waals surface area contributed by atoms with Crippen LogP contribution in [-0.2, 0) is 162 Å². The van der Waals surface area contributed by atoms with Crippen molar-refractivity contribution >= 4 is 133 Å². The van der Waals surface area contributed by atoms with Crippen molar-refractivity contribution in [1.29, 1.82) is 0 Å². The first-order chi connectivity index (χ1) is 53.6. The molecular weight excluding hydrogens is 1810 g/mol. The summed E-state index contributed by atoms with van der Waals surface area (Å²) in [5, 5.41) is 103. The summed E-state index contributed by atoms with van der Waals surface area (Å²) in [5.41, 5.74) is 3.70. The van der Waals surface area contributed by atoms with Gasteiger partial charge in [0.1, 0.15) is 109 Å². The van der Waals surface area contributed by atoms with Crippen LogP contribution in [0.2, 0.25) is 0 Å². The van der Waals surface area contributed by atoms with Gasteiger partial charge in [-0.1, -0.05) is 25.6 Å². The Morgan fingerprint density at radius 3 is 1.76 bits per heavy atom. The van der Waals surface area contributed by atoms with Crippen molar-refractivity contribution in [3.8, 4) is 0 Å². The van der Waals surface area contributed by atoms with E-state index in [1.54, 1.807) is 0 Å². The quantitative estimate of drug-likeness (QED) is 0.0167. The van der Waals surface area contributed by atoms with Gasteiger partial charge < -0.3 is 125 Å². The maximum atomic E-state index is 14.7. The van der Waals surface area contributed by atoms with Gasteiger partial charge in [-0.3, -0.25) is 60.1 Å². The number of hydrogen-bond donors (Lipinski definition) is 23. The first kappa shape index (κ1) is 99.4. The fourth-order valence-corrected chi connectivity index (χ4v) is 17.4. The normalized spacial score (nSPS) is 33.1. The number of imidazole rings is 1. The Kier molecular flexibility index (Phi) is 33.5. The molecule has 27 unspecified atom stereocenters. The molecule has 117 heavy (non-hydrogen) atoms. The summed E-state index contributed by atoms with van der Waals surface area (Å²) in [6, 6.07) is -5.20. The van der Waals surface area contributed by atoms with E-state index in [0.29, 0.717) is 0 Å². The average molecular weight is 1880 g/mol. The molecule has 5 aliphatic rings. The van der Waals surface area contributed by atoms with Crippen molar-refractivity contribution in [3.63, 3.8) is 0 Å². The van der Waals surface area contributed by atoms with Crippen molar-refractivity contribution < 1.29 is 241 Å². The molecule has 3 amide bonds. The number of carboxylic acids is 1. The molecule has 0 radical (unpaired) electrons. The number of aliphatic carboxylic acids is 1. The highest BCUT2D eigenvalue weighted by Crippen LogP contribution is 2.61. The van der Waals surface area contributed by atoms with Gasteiger partial charge in [0, 0.05) is 37.6 Å². The van der Waals surface area contributed by atoms with E-state index >= 15 is 0 Å². The predicted octanol–water partition coefficient (Wildman–Crippen LogP) is -12.1. The molecule has 24 N–H and O–H groups in total. The molecule has 7 heterocycles. The van der Waals surface area contributed by atoms with Gasteiger partial charge in [0.15, 0.2) is 67.3 Å². The number of nitrogens with zero attached hydrogens (tertiary/aromatic N) is 4. The second-order valence-corrected chi connectivity index (χ2v) is 36.3. The Bertz CT molecular complexity index is 4620. The van der Waals surface area contributed by atoms with Gasteiger partial charge in [-0.2, -0.15) is 51.1 Å². The summed E-state index contributed by atoms with van der Waals surface area (Å²) < 4.78 is 293. The van der Waals surface area contributed by atoms with Crippen LogP contribution in [0.3, 0.4) is 0 Å². The van der Waals surface area contributed by atoms with E-state index < -0.39 is 315 Å². The minimum Gasteiger partial charge on any atom is -0.479 e. The highest BCUT2D eigenvalue weighted by Gasteiger charge is 2.61. The van der Waals surface area contributed by atoms with E-state index in [0.717, 1.165) is 38.0 Å². The molecule has 2 aromatic rings. The second kappa shape index (κ2) is 39.5. The zero-order valence-electron chi connectivity index (χ0n) is 58.8. The van der Waals surface area contributed by atoms with E-state index in [4.69, 9.17) is 52.7 Å². The van der Waals surface area contributed by atoms with Crippen LogP contribution < -0.4 is 26.4 Å². The van der Waals surface area contributed by atoms with Gasteiger partial charge >= 0.3 is 81.3 Å². The molecule has 5 aliphatic heterocycles. The lowest BCUT2D eigenvalue weighted by molar-refractivity contribution is -0.365. The van der Waals surface area contributed by atoms with Gasteiger partial charge in [-0.25, -0.2) is 50.2 Å². The molecule has 27 atom stereocenters. The van der Waals surface area contributed by atoms with Gasteiger partial charge in [0.05, 0.1) is 32.8 Å². The van der Waals surface area contributed by atoms with E-state index in [-0.39, 0.29) is 28.7 Å². The highest BCUT2D eigenvalue weighted by molar-refractivity contribution is 8.13. The number of phosphoric acid groups is 3. The number of nitrogen functional groups attached to an aromatic ring is 1. The van der Waals surface area contributed by atoms with Crippen molar-refractivity contribution in [2.75, 3.05) is 51.0 Å². The fourth-order valence-electron chi connectivity index (χ4n) is 11.4. The van der Waals surface area contributed by atoms with Crippen LogP contribution >= 0.6 is 35.2 Å². The molecule has 0 aliphatic carbocycles. The number of carbonyl (C=O) groups is 5. The monoisotopic (exact) mass is 1880 g/mol. The molecule has 5 fully saturated rings. The van der Waals surface area contributed by atoms with Crippen LogP contribution in [0.5, 0.6) is 0 Å². The SMILES string of the molecule is CC(=O)NC1C(O)OC(COS(=O)(=O)O)C(OC2OC(C(=O)SCCNC(=O)CCNC(=O)C(O)C(C)(C)COP(=O)(O)OP(=O)(O)OCC3OC(n4cnc5c(N)ncnc54)C(O)C3OP(=O)(O)O)C(OC3OC(CO)C(OC4OC(C(=O)O)C(O)C(O)C4OS(=O)(=O)O)C(OS(=O)(=O)O)C3NS(=O)(=O)O)C(O)C2OS(=O)(=O)O)C1O. The topological polar surface area (TPSA) is 937 Å². The van der Waals surface area contributed by atoms with E-state index in [9.17, 15) is 168 Å². The molecule has 5 saturated heterocycles. The summed E-state index contributed by atoms with van der Waals surface area (Å²) in [5.74, 6) is -6.54. The zero-order valence-corrected chi connectivity index (χ0v) is 66.4. The minimum absolute atomic E-state index is 0.0250. The number of anilines is 1. The average Bonchev–Trinajstić information content (AvgIpc) is 1.75. The zero-order chi connectivity index (χ0) is 88.2. The maximum absolute atomic E-state index is 14.7. The molecule has 0 aromatic carbocycles. The smallest absolute Gasteiger partial charge is 0.479 e. The van der Waals surface area contributed by atoms with E-state index in [1.165, 1.54) is 4.72 Å². The Hall–Kier alpha value is -4.67. The van der Waals surface area contributed by atoms with Gasteiger partial charge in [-0.05, 0) is 0 Å². The number of thioether (sulfide) groups is 1. The van der Waals surface area contributed by atoms with Gasteiger partial charge in [-0.15, -0.1) is 0 Å². The first-order valence-corrected chi connectivity index (χ1v) is 44.5. The van der Waals surface area contributed by atoms with Crippen LogP contribution in [0.25, 0.3) is 11.2 Å². The summed E-state index contributed by atoms with van der Waals surface area (Å²) in [6.45, 7) is -4.28. The molecule has 70 heteroatoms. The fraction of sp³-hybridized carbons (Fsp3) is 0.787. The van der Waals surface area contributed by atoms with Crippen molar-refractivity contribution in [2.24, 2.45) is 5.41 Å². The largest absolute Gasteiger partial charge is 0.481 e. The minimum atomic E-state index is -6.24. The number of rotatable bonds is 40. The Labute approximate surface area is 660 Å². The number of carbonyl (C=O) groups excluding carboxylic acids is 4. The number of phosphoric ester groups is 3. The van der Waals surface area contributed by atoms with E-state index in [2.05, 4.69) is 51.2 Å². The molecular formula is C47H76N9O52P3S6. The summed E-state index contributed by atoms with van der Waals surface area (Å²) in [7, 11) is -47.0. The lowest BCUT2D eigenvalue weighted by Gasteiger charge is -2.50. The van der Waals surface area contributed by atoms with E-state index in [1.807, 2.05) is 5.32 Å². The number of amides is 3. The number of nitrogens with one attached hydrogen (secondary N) is 4. The third kappa shape index (κ3) is 28.2. The number of nitrogens with two attached hydrogens (primary N) is 1. The Balaban J connectivity index is 1.08. The van der Waals surface area contributed by atoms with Crippen LogP contribution in [-0.4, -0.2) is 371 Å². The molecule has 61 nitrogen and oxygen atoms in total. The second-order valence-electron chi connectivity index (χ2n) is 25.5. The predicted molar refractivity (Wildman–Crippen MR) is 360 cm³/mol. The van der Waals surface area contributed by atoms with Gasteiger partial charge in [0.25, 0.3) is 0 Å². The molecule has 7 rings (SSSR count). The summed E-state index contributed by atoms with van der Waals surface area (Å²) >= 11 is -0.0280. The standard InChI is InChI=1S/C47H76N9O52P3S6/c1-14(58)54-19-22(60)27(17(97-42(19)69)10-95-114(81,82)83)99-46-34(107-117(90,91)92)25(63)31(101-44-20(55-113(78,79)80)30(105-115(84,85)86)29(15(8-57)98-44)100-45-33(106-116(87,88)89)24(62)23(61)32(102-45)41(67)68)35(103-46)43(70)112-7-6-49-18(59)4-5-50-39(66)36(65)47(2,3)11-94-111(76,77)108-110(74,75)93-9-16-28(104-109(71,72)73)26(64)40(96-16)56-13-53-21-37(48)51-12-52-38(21)56/h12-13,15-17,19-20,22-36,40,42,44-46,55,57,60-65,69H,4-11H2,1-3H3,(H,49,59)(H,50,66)(H,54,58)(H,67,68)(H,74,75)(H,76,77)(H2,48,51,52)(H2,71,72,73)(H,78,79,80)(H,81,82,83)(H,84,85,86)(H,87,88,89)(H,90,91,92). The van der Waals surface area contributed by atoms with Crippen molar-refractivity contribution in [3.05, 3.63) is 12.7 Å². The molecule has 0 spiro atoms. The summed E-state index contributed by atoms with van der Waals surface area (Å²) in [6.07, 6.45) is -59.5. The van der Waals surface area contributed by atoms with Crippen LogP contribution in [0.1, 0.15) is 33.4 Å². The van der Waals surface area contributed by atoms with Crippen LogP contribution in [0, 0.1) is 5.41 Å². The first-order valence-electron chi connectivity index (χ1n) is 32.1. The Morgan fingerprint density at radius 1 is 0.632 bits per heavy atom. The number of aromatic nitrogens is 4. The third-order valence-electron chi connectivity index (χ3n) is 16.4. The third-order valence-corrected chi connectivity index (χ3v) is 22.8. The molecule has 672 valence electrons. The number of fused-ring (bicyclic) bond motifs is 1. The number of aliphatic hydroxyl groups excluding tert-OH is 8. The number of hydrogen-bond acceptors (Lipinski definition) is 47. The van der Waals surface area contributed by atoms with Gasteiger partial charge in [0.2, 0.25) is 22.8 Å². The lowest BCUT2D eigenvalue weighted by Crippen LogP contribution is -2.71. The molecule has 0 saturated carbocycles. The lowest BCUT2D eigenvalue weighted by atomic mass is 9.87. The van der Waals surface area contributed by atoms with Crippen LogP contribution in [0.4, 0.5) is 5.82 Å². The Morgan fingerprint density at radius 2 is 1.20 bits per heavy atom. The highest BCUT2D eigenvalue weighted by atomic mass is 32.3. The summed E-state index contributed by atoms with van der Waals surface area (Å²) in [4.78, 5) is 117. The molecule has 2 aromatic heterocycles. The van der Waals surface area contributed by atoms with Crippen LogP contribution in [0.15, 0.2) is 12.7 Å². The van der Waals surface area contributed by atoms with Crippen molar-refractivity contribution in [1.82, 2.24) is 40.2 Å². The number of ether oxygens (including phenoxy) is 8. The number of aliphatic hydroxyl groups is 8. The molecule has 0 bridgehead atoms. The maximum Gasteiger partial charge on any atom is 0.481 e.